The van der Waals surface area contributed by atoms with Crippen LogP contribution in [0.1, 0.15) is 45.2 Å². The van der Waals surface area contributed by atoms with Gasteiger partial charge in [0.05, 0.1) is 35.0 Å². The van der Waals surface area contributed by atoms with Gasteiger partial charge in [0.1, 0.15) is 0 Å². The fourth-order valence-electron chi connectivity index (χ4n) is 4.95. The molecule has 0 spiro atoms. The van der Waals surface area contributed by atoms with Crippen LogP contribution in [0.25, 0.3) is 22.4 Å². The second-order valence-corrected chi connectivity index (χ2v) is 8.39. The molecule has 1 heterocycles. The highest BCUT2D eigenvalue weighted by molar-refractivity contribution is 6.25. The topological polar surface area (TPSA) is 51.5 Å². The quantitative estimate of drug-likeness (QED) is 0.310. The van der Waals surface area contributed by atoms with Crippen LogP contribution >= 0.6 is 0 Å². The van der Waals surface area contributed by atoms with E-state index in [0.717, 1.165) is 40.2 Å². The molecule has 4 nitrogen and oxygen atoms in total. The van der Waals surface area contributed by atoms with E-state index in [1.807, 2.05) is 32.0 Å². The van der Waals surface area contributed by atoms with Gasteiger partial charge in [0, 0.05) is 22.3 Å². The summed E-state index contributed by atoms with van der Waals surface area (Å²) in [6, 6.07) is 24.9. The average molecular weight is 431 g/mol. The Morgan fingerprint density at radius 2 is 1.64 bits per heavy atom. The number of carbonyl (C=O) groups excluding carboxylic acids is 1. The summed E-state index contributed by atoms with van der Waals surface area (Å²) in [6.45, 7) is 3.99. The molecule has 0 unspecified atom stereocenters. The predicted octanol–water partition coefficient (Wildman–Crippen LogP) is 6.29. The van der Waals surface area contributed by atoms with Crippen molar-refractivity contribution >= 4 is 17.4 Å². The number of hydrogen-bond acceptors (Lipinski definition) is 4. The summed E-state index contributed by atoms with van der Waals surface area (Å²) in [7, 11) is 0. The van der Waals surface area contributed by atoms with Crippen molar-refractivity contribution in [2.75, 3.05) is 6.61 Å². The molecule has 33 heavy (non-hydrogen) atoms. The molecule has 3 aromatic carbocycles. The number of esters is 1. The van der Waals surface area contributed by atoms with E-state index in [1.54, 1.807) is 0 Å². The third kappa shape index (κ3) is 3.02. The SMILES string of the molecule is CCOC(=O)c1cc2c(nc1C)-c1ccccc1C2=Nc1cccc2c1-c1ccccc1C2. The first-order valence-corrected chi connectivity index (χ1v) is 11.2. The van der Waals surface area contributed by atoms with Crippen molar-refractivity contribution in [3.8, 4) is 22.4 Å². The number of benzene rings is 3. The Morgan fingerprint density at radius 3 is 2.45 bits per heavy atom. The molecule has 160 valence electrons. The number of carbonyl (C=O) groups is 1. The Labute approximate surface area is 192 Å². The van der Waals surface area contributed by atoms with Gasteiger partial charge in [-0.3, -0.25) is 4.98 Å². The van der Waals surface area contributed by atoms with Gasteiger partial charge in [0.15, 0.2) is 0 Å². The minimum Gasteiger partial charge on any atom is -0.462 e. The van der Waals surface area contributed by atoms with E-state index in [9.17, 15) is 4.79 Å². The lowest BCUT2D eigenvalue weighted by molar-refractivity contribution is 0.0525. The molecule has 0 N–H and O–H groups in total. The molecule has 0 saturated carbocycles. The molecule has 6 rings (SSSR count). The van der Waals surface area contributed by atoms with Gasteiger partial charge in [0.25, 0.3) is 0 Å². The predicted molar refractivity (Wildman–Crippen MR) is 130 cm³/mol. The maximum absolute atomic E-state index is 12.6. The number of rotatable bonds is 3. The molecule has 4 aromatic rings. The highest BCUT2D eigenvalue weighted by Crippen LogP contribution is 2.44. The van der Waals surface area contributed by atoms with Crippen LogP contribution in [0.4, 0.5) is 5.69 Å². The largest absolute Gasteiger partial charge is 0.462 e. The highest BCUT2D eigenvalue weighted by atomic mass is 16.5. The average Bonchev–Trinajstić information content (AvgIpc) is 3.35. The van der Waals surface area contributed by atoms with Crippen LogP contribution in [0.5, 0.6) is 0 Å². The maximum atomic E-state index is 12.6. The minimum absolute atomic E-state index is 0.325. The Hall–Kier alpha value is -4.05. The van der Waals surface area contributed by atoms with Crippen molar-refractivity contribution < 1.29 is 9.53 Å². The zero-order valence-corrected chi connectivity index (χ0v) is 18.6. The molecule has 0 bridgehead atoms. The lowest BCUT2D eigenvalue weighted by Gasteiger charge is -2.10. The van der Waals surface area contributed by atoms with E-state index in [0.29, 0.717) is 17.9 Å². The van der Waals surface area contributed by atoms with E-state index < -0.39 is 0 Å². The molecule has 4 heteroatoms. The first kappa shape index (κ1) is 19.6. The van der Waals surface area contributed by atoms with Crippen molar-refractivity contribution in [3.63, 3.8) is 0 Å². The number of ether oxygens (including phenoxy) is 1. The van der Waals surface area contributed by atoms with Crippen molar-refractivity contribution in [2.24, 2.45) is 4.99 Å². The third-order valence-electron chi connectivity index (χ3n) is 6.43. The molecule has 2 aliphatic carbocycles. The molecule has 1 aromatic heterocycles. The van der Waals surface area contributed by atoms with Gasteiger partial charge in [0.2, 0.25) is 0 Å². The first-order valence-electron chi connectivity index (χ1n) is 11.2. The van der Waals surface area contributed by atoms with E-state index in [4.69, 9.17) is 14.7 Å². The Morgan fingerprint density at radius 1 is 0.909 bits per heavy atom. The standard InChI is InChI=1S/C29H22N2O2/c1-3-33-29(32)23-16-24-27(30-17(23)2)21-12-6-7-13-22(21)28(24)31-25-14-8-10-19-15-18-9-4-5-11-20(18)26(19)25/h4-14,16H,3,15H2,1-2H3. The molecular weight excluding hydrogens is 408 g/mol. The van der Waals surface area contributed by atoms with E-state index in [2.05, 4.69) is 54.6 Å². The van der Waals surface area contributed by atoms with Crippen molar-refractivity contribution in [3.05, 3.63) is 106 Å². The highest BCUT2D eigenvalue weighted by Gasteiger charge is 2.30. The number of aliphatic imine (C=N–C) groups is 1. The number of fused-ring (bicyclic) bond motifs is 6. The van der Waals surface area contributed by atoms with Crippen LogP contribution in [-0.4, -0.2) is 23.3 Å². The molecule has 2 aliphatic rings. The summed E-state index contributed by atoms with van der Waals surface area (Å²) < 4.78 is 5.28. The molecule has 0 aliphatic heterocycles. The molecular formula is C29H22N2O2. The van der Waals surface area contributed by atoms with Crippen LogP contribution in [0.2, 0.25) is 0 Å². The number of nitrogens with zero attached hydrogens (tertiary/aromatic N) is 2. The van der Waals surface area contributed by atoms with Crippen molar-refractivity contribution in [1.29, 1.82) is 0 Å². The van der Waals surface area contributed by atoms with Crippen LogP contribution in [0.3, 0.4) is 0 Å². The second kappa shape index (κ2) is 7.52. The van der Waals surface area contributed by atoms with Crippen molar-refractivity contribution in [2.45, 2.75) is 20.3 Å². The second-order valence-electron chi connectivity index (χ2n) is 8.39. The van der Waals surface area contributed by atoms with Gasteiger partial charge < -0.3 is 4.74 Å². The number of hydrogen-bond donors (Lipinski definition) is 0. The molecule has 0 saturated heterocycles. The minimum atomic E-state index is -0.352. The summed E-state index contributed by atoms with van der Waals surface area (Å²) in [5, 5.41) is 0. The van der Waals surface area contributed by atoms with Gasteiger partial charge in [-0.05, 0) is 49.1 Å². The summed E-state index contributed by atoms with van der Waals surface area (Å²) in [4.78, 5) is 22.6. The van der Waals surface area contributed by atoms with E-state index >= 15 is 0 Å². The zero-order valence-electron chi connectivity index (χ0n) is 18.6. The Kier molecular flexibility index (Phi) is 4.47. The summed E-state index contributed by atoms with van der Waals surface area (Å²) >= 11 is 0. The summed E-state index contributed by atoms with van der Waals surface area (Å²) in [5.41, 5.74) is 11.8. The van der Waals surface area contributed by atoms with E-state index in [-0.39, 0.29) is 5.97 Å². The fourth-order valence-corrected chi connectivity index (χ4v) is 4.95. The van der Waals surface area contributed by atoms with Gasteiger partial charge in [-0.25, -0.2) is 9.79 Å². The monoisotopic (exact) mass is 430 g/mol. The molecule has 0 atom stereocenters. The summed E-state index contributed by atoms with van der Waals surface area (Å²) in [6.07, 6.45) is 0.922. The zero-order chi connectivity index (χ0) is 22.5. The van der Waals surface area contributed by atoms with Gasteiger partial charge >= 0.3 is 5.97 Å². The van der Waals surface area contributed by atoms with Crippen LogP contribution in [0.15, 0.2) is 77.8 Å². The lowest BCUT2D eigenvalue weighted by Crippen LogP contribution is -2.10. The molecule has 0 radical (unpaired) electrons. The Bertz CT molecular complexity index is 1480. The Balaban J connectivity index is 1.58. The molecule has 0 amide bonds. The fraction of sp³-hybridized carbons (Fsp3) is 0.138. The smallest absolute Gasteiger partial charge is 0.339 e. The lowest BCUT2D eigenvalue weighted by atomic mass is 10.0. The summed E-state index contributed by atoms with van der Waals surface area (Å²) in [5.74, 6) is -0.352. The third-order valence-corrected chi connectivity index (χ3v) is 6.43. The maximum Gasteiger partial charge on any atom is 0.339 e. The first-order chi connectivity index (χ1) is 16.2. The molecule has 0 fully saturated rings. The van der Waals surface area contributed by atoms with E-state index in [1.165, 1.54) is 22.3 Å². The van der Waals surface area contributed by atoms with Crippen molar-refractivity contribution in [1.82, 2.24) is 4.98 Å². The number of aromatic nitrogens is 1. The van der Waals surface area contributed by atoms with Crippen LogP contribution in [0, 0.1) is 6.92 Å². The van der Waals surface area contributed by atoms with Crippen LogP contribution in [-0.2, 0) is 11.2 Å². The number of aryl methyl sites for hydroxylation is 1. The van der Waals surface area contributed by atoms with Crippen LogP contribution < -0.4 is 0 Å². The van der Waals surface area contributed by atoms with Gasteiger partial charge in [-0.15, -0.1) is 0 Å². The normalized spacial score (nSPS) is 13.9. The van der Waals surface area contributed by atoms with Gasteiger partial charge in [-0.2, -0.15) is 0 Å². The number of pyridine rings is 1. The van der Waals surface area contributed by atoms with Gasteiger partial charge in [-0.1, -0.05) is 60.7 Å².